The van der Waals surface area contributed by atoms with Crippen molar-refractivity contribution in [3.05, 3.63) is 28.2 Å². The van der Waals surface area contributed by atoms with Crippen molar-refractivity contribution in [1.82, 2.24) is 4.90 Å². The summed E-state index contributed by atoms with van der Waals surface area (Å²) in [6, 6.07) is 5.07. The number of fused-ring (bicyclic) bond motifs is 2. The molecule has 1 atom stereocenters. The van der Waals surface area contributed by atoms with Crippen molar-refractivity contribution in [3.63, 3.8) is 0 Å². The molecule has 1 fully saturated rings. The van der Waals surface area contributed by atoms with Crippen LogP contribution >= 0.6 is 15.9 Å². The lowest BCUT2D eigenvalue weighted by atomic mass is 10.0. The fourth-order valence-corrected chi connectivity index (χ4v) is 2.98. The van der Waals surface area contributed by atoms with Crippen LogP contribution in [0.4, 0.5) is 5.69 Å². The number of halogens is 1. The molecule has 5 heteroatoms. The second kappa shape index (κ2) is 4.39. The molecule has 0 aliphatic carbocycles. The lowest BCUT2D eigenvalue weighted by Crippen LogP contribution is -2.47. The molecule has 2 aliphatic rings. The highest BCUT2D eigenvalue weighted by Crippen LogP contribution is 2.29. The Morgan fingerprint density at radius 2 is 2.11 bits per heavy atom. The minimum atomic E-state index is -0.308. The standard InChI is InChI=1S/C13H13BrN2O2/c14-8-4-5-10-9(7-8)13(18)16-6-2-1-3-11(16)12(17)15-10/h4-5,7,11H,1-3,6H2,(H,15,17). The Balaban J connectivity index is 2.09. The average Bonchev–Trinajstić information content (AvgIpc) is 2.48. The van der Waals surface area contributed by atoms with Gasteiger partial charge in [0, 0.05) is 11.0 Å². The molecule has 2 aliphatic heterocycles. The Morgan fingerprint density at radius 1 is 1.28 bits per heavy atom. The second-order valence-corrected chi connectivity index (χ2v) is 5.60. The first-order chi connectivity index (χ1) is 8.66. The quantitative estimate of drug-likeness (QED) is 0.800. The number of hydrogen-bond donors (Lipinski definition) is 1. The van der Waals surface area contributed by atoms with Crippen LogP contribution in [0.2, 0.25) is 0 Å². The number of benzene rings is 1. The largest absolute Gasteiger partial charge is 0.327 e. The third-order valence-corrected chi connectivity index (χ3v) is 4.03. The number of piperidine rings is 1. The normalized spacial score (nSPS) is 22.9. The zero-order valence-corrected chi connectivity index (χ0v) is 11.4. The van der Waals surface area contributed by atoms with Gasteiger partial charge in [-0.15, -0.1) is 0 Å². The topological polar surface area (TPSA) is 49.4 Å². The van der Waals surface area contributed by atoms with Crippen molar-refractivity contribution in [2.45, 2.75) is 25.3 Å². The van der Waals surface area contributed by atoms with Crippen molar-refractivity contribution >= 4 is 33.4 Å². The van der Waals surface area contributed by atoms with Gasteiger partial charge in [0.05, 0.1) is 11.3 Å². The Bertz CT molecular complexity index is 530. The van der Waals surface area contributed by atoms with Crippen molar-refractivity contribution in [1.29, 1.82) is 0 Å². The van der Waals surface area contributed by atoms with Gasteiger partial charge in [-0.2, -0.15) is 0 Å². The van der Waals surface area contributed by atoms with Gasteiger partial charge in [-0.3, -0.25) is 9.59 Å². The molecule has 3 rings (SSSR count). The van der Waals surface area contributed by atoms with Gasteiger partial charge in [-0.05, 0) is 37.5 Å². The van der Waals surface area contributed by atoms with Crippen molar-refractivity contribution in [2.75, 3.05) is 11.9 Å². The summed E-state index contributed by atoms with van der Waals surface area (Å²) in [6.07, 6.45) is 2.73. The van der Waals surface area contributed by atoms with Gasteiger partial charge in [-0.1, -0.05) is 15.9 Å². The van der Waals surface area contributed by atoms with Gasteiger partial charge in [0.2, 0.25) is 5.91 Å². The summed E-state index contributed by atoms with van der Waals surface area (Å²) in [4.78, 5) is 26.3. The molecule has 1 aromatic carbocycles. The number of rotatable bonds is 0. The van der Waals surface area contributed by atoms with Gasteiger partial charge in [0.15, 0.2) is 0 Å². The van der Waals surface area contributed by atoms with Crippen molar-refractivity contribution in [3.8, 4) is 0 Å². The molecule has 2 amide bonds. The van der Waals surface area contributed by atoms with Crippen LogP contribution in [0.25, 0.3) is 0 Å². The maximum atomic E-state index is 12.5. The SMILES string of the molecule is O=C1Nc2ccc(Br)cc2C(=O)N2CCCCC12. The molecule has 1 unspecified atom stereocenters. The molecule has 1 aromatic rings. The van der Waals surface area contributed by atoms with E-state index in [0.29, 0.717) is 17.8 Å². The molecule has 0 aromatic heterocycles. The Morgan fingerprint density at radius 3 is 2.94 bits per heavy atom. The van der Waals surface area contributed by atoms with E-state index in [1.165, 1.54) is 0 Å². The van der Waals surface area contributed by atoms with E-state index in [1.807, 2.05) is 6.07 Å². The Labute approximate surface area is 113 Å². The predicted octanol–water partition coefficient (Wildman–Crippen LogP) is 2.40. The average molecular weight is 309 g/mol. The van der Waals surface area contributed by atoms with Crippen molar-refractivity contribution in [2.24, 2.45) is 0 Å². The van der Waals surface area contributed by atoms with Crippen LogP contribution in [0.5, 0.6) is 0 Å². The highest BCUT2D eigenvalue weighted by atomic mass is 79.9. The fraction of sp³-hybridized carbons (Fsp3) is 0.385. The zero-order chi connectivity index (χ0) is 12.7. The van der Waals surface area contributed by atoms with E-state index in [9.17, 15) is 9.59 Å². The molecule has 0 spiro atoms. The van der Waals surface area contributed by atoms with Gasteiger partial charge < -0.3 is 10.2 Å². The lowest BCUT2D eigenvalue weighted by molar-refractivity contribution is -0.121. The third kappa shape index (κ3) is 1.82. The number of hydrogen-bond acceptors (Lipinski definition) is 2. The summed E-state index contributed by atoms with van der Waals surface area (Å²) < 4.78 is 0.847. The highest BCUT2D eigenvalue weighted by Gasteiger charge is 2.36. The van der Waals surface area contributed by atoms with E-state index in [0.717, 1.165) is 23.7 Å². The lowest BCUT2D eigenvalue weighted by Gasteiger charge is -2.32. The molecule has 18 heavy (non-hydrogen) atoms. The molecule has 0 saturated carbocycles. The second-order valence-electron chi connectivity index (χ2n) is 4.69. The number of nitrogens with zero attached hydrogens (tertiary/aromatic N) is 1. The van der Waals surface area contributed by atoms with Crippen LogP contribution in [0.3, 0.4) is 0 Å². The van der Waals surface area contributed by atoms with E-state index in [4.69, 9.17) is 0 Å². The first kappa shape index (κ1) is 11.7. The van der Waals surface area contributed by atoms with E-state index < -0.39 is 0 Å². The summed E-state index contributed by atoms with van der Waals surface area (Å²) in [6.45, 7) is 0.670. The molecular weight excluding hydrogens is 296 g/mol. The van der Waals surface area contributed by atoms with Crippen LogP contribution in [0.1, 0.15) is 29.6 Å². The molecule has 1 N–H and O–H groups in total. The molecular formula is C13H13BrN2O2. The third-order valence-electron chi connectivity index (χ3n) is 3.54. The predicted molar refractivity (Wildman–Crippen MR) is 71.4 cm³/mol. The molecule has 2 heterocycles. The molecule has 1 saturated heterocycles. The first-order valence-electron chi connectivity index (χ1n) is 6.08. The monoisotopic (exact) mass is 308 g/mol. The summed E-state index contributed by atoms with van der Waals surface area (Å²) in [5.74, 6) is -0.113. The highest BCUT2D eigenvalue weighted by molar-refractivity contribution is 9.10. The first-order valence-corrected chi connectivity index (χ1v) is 6.87. The van der Waals surface area contributed by atoms with Gasteiger partial charge >= 0.3 is 0 Å². The summed E-state index contributed by atoms with van der Waals surface area (Å²) in [5.41, 5.74) is 1.18. The summed E-state index contributed by atoms with van der Waals surface area (Å²) in [5, 5.41) is 2.86. The molecule has 0 bridgehead atoms. The minimum Gasteiger partial charge on any atom is -0.327 e. The zero-order valence-electron chi connectivity index (χ0n) is 9.78. The number of nitrogens with one attached hydrogen (secondary N) is 1. The van der Waals surface area contributed by atoms with Crippen molar-refractivity contribution < 1.29 is 9.59 Å². The van der Waals surface area contributed by atoms with E-state index in [1.54, 1.807) is 17.0 Å². The summed E-state index contributed by atoms with van der Waals surface area (Å²) in [7, 11) is 0. The number of carbonyl (C=O) groups excluding carboxylic acids is 2. The maximum absolute atomic E-state index is 12.5. The van der Waals surface area contributed by atoms with Crippen LogP contribution < -0.4 is 5.32 Å². The van der Waals surface area contributed by atoms with E-state index in [2.05, 4.69) is 21.2 Å². The smallest absolute Gasteiger partial charge is 0.256 e. The van der Waals surface area contributed by atoms with E-state index in [-0.39, 0.29) is 17.9 Å². The van der Waals surface area contributed by atoms with Gasteiger partial charge in [-0.25, -0.2) is 0 Å². The van der Waals surface area contributed by atoms with Gasteiger partial charge in [0.1, 0.15) is 6.04 Å². The summed E-state index contributed by atoms with van der Waals surface area (Å²) >= 11 is 3.36. The number of carbonyl (C=O) groups is 2. The van der Waals surface area contributed by atoms with Crippen LogP contribution in [0.15, 0.2) is 22.7 Å². The Hall–Kier alpha value is -1.36. The van der Waals surface area contributed by atoms with Crippen LogP contribution in [-0.2, 0) is 4.79 Å². The molecule has 0 radical (unpaired) electrons. The minimum absolute atomic E-state index is 0.0469. The van der Waals surface area contributed by atoms with Crippen LogP contribution in [0, 0.1) is 0 Å². The maximum Gasteiger partial charge on any atom is 0.256 e. The van der Waals surface area contributed by atoms with Crippen LogP contribution in [-0.4, -0.2) is 29.3 Å². The number of anilines is 1. The molecule has 4 nitrogen and oxygen atoms in total. The van der Waals surface area contributed by atoms with Gasteiger partial charge in [0.25, 0.3) is 5.91 Å². The van der Waals surface area contributed by atoms with E-state index >= 15 is 0 Å². The fourth-order valence-electron chi connectivity index (χ4n) is 2.62. The number of amides is 2. The molecule has 94 valence electrons. The Kier molecular flexibility index (Phi) is 2.86.